The van der Waals surface area contributed by atoms with Crippen molar-refractivity contribution >= 4 is 29.3 Å². The van der Waals surface area contributed by atoms with E-state index in [0.29, 0.717) is 29.9 Å². The Kier molecular flexibility index (Phi) is 9.72. The summed E-state index contributed by atoms with van der Waals surface area (Å²) >= 11 is 0. The van der Waals surface area contributed by atoms with Gasteiger partial charge < -0.3 is 15.4 Å². The average molecular weight is 520 g/mol. The van der Waals surface area contributed by atoms with Crippen molar-refractivity contribution < 1.29 is 19.1 Å². The van der Waals surface area contributed by atoms with Crippen LogP contribution >= 0.6 is 0 Å². The summed E-state index contributed by atoms with van der Waals surface area (Å²) in [7, 11) is 0. The Morgan fingerprint density at radius 3 is 2.29 bits per heavy atom. The third-order valence-electron chi connectivity index (χ3n) is 6.34. The summed E-state index contributed by atoms with van der Waals surface area (Å²) in [6.07, 6.45) is 2.14. The smallest absolute Gasteiger partial charge is 0.338 e. The molecular weight excluding hydrogens is 478 g/mol. The van der Waals surface area contributed by atoms with E-state index in [4.69, 9.17) is 4.74 Å². The van der Waals surface area contributed by atoms with Gasteiger partial charge in [-0.2, -0.15) is 0 Å². The first-order valence-electron chi connectivity index (χ1n) is 13.5. The van der Waals surface area contributed by atoms with E-state index in [0.717, 1.165) is 24.0 Å². The monoisotopic (exact) mass is 519 g/mol. The average Bonchev–Trinajstić information content (AvgIpc) is 2.84. The summed E-state index contributed by atoms with van der Waals surface area (Å²) < 4.78 is 5.46. The van der Waals surface area contributed by atoms with Crippen LogP contribution in [0.1, 0.15) is 78.0 Å². The Morgan fingerprint density at radius 2 is 1.71 bits per heavy atom. The lowest BCUT2D eigenvalue weighted by Gasteiger charge is -2.36. The fourth-order valence-corrected chi connectivity index (χ4v) is 5.08. The minimum Gasteiger partial charge on any atom is -0.463 e. The number of hydrogen-bond donors (Lipinski definition) is 2. The van der Waals surface area contributed by atoms with Crippen molar-refractivity contribution in [3.8, 4) is 0 Å². The van der Waals surface area contributed by atoms with Crippen LogP contribution in [0.5, 0.6) is 0 Å². The van der Waals surface area contributed by atoms with E-state index in [-0.39, 0.29) is 29.9 Å². The van der Waals surface area contributed by atoms with Gasteiger partial charge in [0.05, 0.1) is 23.9 Å². The fourth-order valence-electron chi connectivity index (χ4n) is 5.08. The number of anilines is 1. The van der Waals surface area contributed by atoms with Gasteiger partial charge in [0.25, 0.3) is 0 Å². The second-order valence-corrected chi connectivity index (χ2v) is 11.1. The van der Waals surface area contributed by atoms with Crippen LogP contribution in [-0.4, -0.2) is 36.0 Å². The predicted octanol–water partition coefficient (Wildman–Crippen LogP) is 6.54. The molecular formula is C31H41N3O4. The van der Waals surface area contributed by atoms with Crippen molar-refractivity contribution in [3.05, 3.63) is 71.3 Å². The number of benzene rings is 2. The summed E-state index contributed by atoms with van der Waals surface area (Å²) in [6, 6.07) is 15.8. The summed E-state index contributed by atoms with van der Waals surface area (Å²) in [4.78, 5) is 40.8. The molecule has 7 nitrogen and oxygen atoms in total. The molecule has 0 spiro atoms. The zero-order chi connectivity index (χ0) is 27.9. The predicted molar refractivity (Wildman–Crippen MR) is 151 cm³/mol. The van der Waals surface area contributed by atoms with E-state index >= 15 is 0 Å². The second-order valence-electron chi connectivity index (χ2n) is 11.1. The number of esters is 1. The minimum atomic E-state index is -0.693. The molecule has 2 N–H and O–H groups in total. The Balaban J connectivity index is 1.93. The number of hydrogen-bond acceptors (Lipinski definition) is 4. The summed E-state index contributed by atoms with van der Waals surface area (Å²) in [6.45, 7) is 13.1. The maximum Gasteiger partial charge on any atom is 0.338 e. The van der Waals surface area contributed by atoms with E-state index in [9.17, 15) is 14.4 Å². The van der Waals surface area contributed by atoms with Crippen molar-refractivity contribution in [1.82, 2.24) is 10.2 Å². The molecule has 204 valence electrons. The molecule has 0 aromatic heterocycles. The van der Waals surface area contributed by atoms with Gasteiger partial charge in [-0.1, -0.05) is 77.1 Å². The molecule has 0 radical (unpaired) electrons. The molecule has 0 fully saturated rings. The van der Waals surface area contributed by atoms with Gasteiger partial charge in [-0.3, -0.25) is 9.69 Å². The Morgan fingerprint density at radius 1 is 1.05 bits per heavy atom. The molecule has 0 bridgehead atoms. The molecule has 3 amide bonds. The molecule has 0 saturated heterocycles. The minimum absolute atomic E-state index is 0.0332. The lowest BCUT2D eigenvalue weighted by Crippen LogP contribution is -2.48. The van der Waals surface area contributed by atoms with Crippen molar-refractivity contribution in [2.45, 2.75) is 66.8 Å². The van der Waals surface area contributed by atoms with Crippen LogP contribution in [0.15, 0.2) is 60.2 Å². The van der Waals surface area contributed by atoms with Gasteiger partial charge >= 0.3 is 12.0 Å². The van der Waals surface area contributed by atoms with Gasteiger partial charge in [-0.05, 0) is 54.4 Å². The van der Waals surface area contributed by atoms with Crippen LogP contribution in [0.2, 0.25) is 0 Å². The van der Waals surface area contributed by atoms with Crippen LogP contribution < -0.4 is 10.6 Å². The topological polar surface area (TPSA) is 87.7 Å². The molecule has 1 heterocycles. The van der Waals surface area contributed by atoms with Gasteiger partial charge in [0.15, 0.2) is 0 Å². The van der Waals surface area contributed by atoms with E-state index in [1.165, 1.54) is 0 Å². The highest BCUT2D eigenvalue weighted by molar-refractivity contribution is 6.04. The maximum atomic E-state index is 13.3. The highest BCUT2D eigenvalue weighted by Crippen LogP contribution is 2.37. The van der Waals surface area contributed by atoms with Gasteiger partial charge in [0.1, 0.15) is 0 Å². The van der Waals surface area contributed by atoms with Crippen LogP contribution in [0.4, 0.5) is 10.5 Å². The molecule has 2 aromatic rings. The second kappa shape index (κ2) is 12.8. The number of nitrogens with zero attached hydrogens (tertiary/aromatic N) is 1. The van der Waals surface area contributed by atoms with Crippen molar-refractivity contribution in [1.29, 1.82) is 0 Å². The summed E-state index contributed by atoms with van der Waals surface area (Å²) in [5.41, 5.74) is 3.29. The van der Waals surface area contributed by atoms with Crippen molar-refractivity contribution in [2.75, 3.05) is 18.5 Å². The van der Waals surface area contributed by atoms with Crippen LogP contribution in [-0.2, 0) is 14.3 Å². The molecule has 1 aliphatic heterocycles. The van der Waals surface area contributed by atoms with Crippen LogP contribution in [0, 0.1) is 11.3 Å². The normalized spacial score (nSPS) is 16.6. The number of ether oxygens (including phenoxy) is 1. The van der Waals surface area contributed by atoms with E-state index in [1.54, 1.807) is 24.0 Å². The number of nitrogens with one attached hydrogen (secondary N) is 2. The Bertz CT molecular complexity index is 1150. The number of carbonyl (C=O) groups is 3. The summed E-state index contributed by atoms with van der Waals surface area (Å²) in [5.74, 6) is -0.233. The van der Waals surface area contributed by atoms with Gasteiger partial charge in [0.2, 0.25) is 5.91 Å². The molecule has 7 heteroatoms. The first kappa shape index (κ1) is 29.0. The number of rotatable bonds is 10. The highest BCUT2D eigenvalue weighted by atomic mass is 16.5. The molecule has 2 atom stereocenters. The zero-order valence-corrected chi connectivity index (χ0v) is 23.5. The van der Waals surface area contributed by atoms with E-state index in [1.807, 2.05) is 49.4 Å². The Labute approximate surface area is 226 Å². The third kappa shape index (κ3) is 7.46. The van der Waals surface area contributed by atoms with Gasteiger partial charge in [0, 0.05) is 18.7 Å². The molecule has 1 aliphatic rings. The number of amides is 3. The molecule has 2 aromatic carbocycles. The van der Waals surface area contributed by atoms with Gasteiger partial charge in [-0.25, -0.2) is 9.59 Å². The first-order chi connectivity index (χ1) is 18.0. The van der Waals surface area contributed by atoms with Crippen LogP contribution in [0.3, 0.4) is 0 Å². The van der Waals surface area contributed by atoms with Gasteiger partial charge in [-0.15, -0.1) is 0 Å². The standard InChI is InChI=1S/C31H41N3O4/c1-7-18-34-28(23-12-10-9-11-13-23)26(29(36)38-8-2)27(33-30(34)37)22-14-16-24(17-15-22)32-25(35)19-21(3)20-31(4,5)6/h9-17,21,27H,7-8,18-20H2,1-6H3,(H,32,35)(H,33,37). The van der Waals surface area contributed by atoms with Crippen LogP contribution in [0.25, 0.3) is 5.70 Å². The largest absolute Gasteiger partial charge is 0.463 e. The molecule has 0 saturated carbocycles. The lowest BCUT2D eigenvalue weighted by molar-refractivity contribution is -0.139. The highest BCUT2D eigenvalue weighted by Gasteiger charge is 2.38. The fraction of sp³-hybridized carbons (Fsp3) is 0.452. The van der Waals surface area contributed by atoms with E-state index < -0.39 is 12.0 Å². The summed E-state index contributed by atoms with van der Waals surface area (Å²) in [5, 5.41) is 5.98. The quantitative estimate of drug-likeness (QED) is 0.349. The zero-order valence-electron chi connectivity index (χ0n) is 23.5. The lowest BCUT2D eigenvalue weighted by atomic mass is 9.84. The van der Waals surface area contributed by atoms with Crippen molar-refractivity contribution in [3.63, 3.8) is 0 Å². The third-order valence-corrected chi connectivity index (χ3v) is 6.34. The molecule has 38 heavy (non-hydrogen) atoms. The van der Waals surface area contributed by atoms with Crippen molar-refractivity contribution in [2.24, 2.45) is 11.3 Å². The Hall–Kier alpha value is -3.61. The molecule has 2 unspecified atom stereocenters. The molecule has 3 rings (SSSR count). The molecule has 0 aliphatic carbocycles. The van der Waals surface area contributed by atoms with E-state index in [2.05, 4.69) is 38.3 Å². The first-order valence-corrected chi connectivity index (χ1v) is 13.5. The number of carbonyl (C=O) groups excluding carboxylic acids is 3. The number of urea groups is 1. The SMILES string of the molecule is CCCN1C(=O)NC(c2ccc(NC(=O)CC(C)CC(C)(C)C)cc2)C(C(=O)OCC)=C1c1ccccc1. The maximum absolute atomic E-state index is 13.3.